The van der Waals surface area contributed by atoms with Crippen molar-refractivity contribution in [3.8, 4) is 11.4 Å². The number of fused-ring (bicyclic) bond motifs is 1. The molecule has 1 aromatic carbocycles. The van der Waals surface area contributed by atoms with E-state index >= 15 is 0 Å². The van der Waals surface area contributed by atoms with Gasteiger partial charge in [-0.25, -0.2) is 4.98 Å². The van der Waals surface area contributed by atoms with Crippen molar-refractivity contribution in [3.63, 3.8) is 0 Å². The van der Waals surface area contributed by atoms with Gasteiger partial charge in [-0.2, -0.15) is 0 Å². The average Bonchev–Trinajstić information content (AvgIpc) is 2.80. The molecule has 0 saturated carbocycles. The highest BCUT2D eigenvalue weighted by Crippen LogP contribution is 2.34. The van der Waals surface area contributed by atoms with E-state index in [9.17, 15) is 4.79 Å². The maximum atomic E-state index is 11.8. The summed E-state index contributed by atoms with van der Waals surface area (Å²) >= 11 is 0. The molecule has 0 spiro atoms. The van der Waals surface area contributed by atoms with E-state index in [-0.39, 0.29) is 11.4 Å². The number of primary amides is 1. The van der Waals surface area contributed by atoms with Gasteiger partial charge in [-0.15, -0.1) is 0 Å². The van der Waals surface area contributed by atoms with E-state index in [0.29, 0.717) is 11.2 Å². The van der Waals surface area contributed by atoms with Crippen molar-refractivity contribution in [1.82, 2.24) is 14.5 Å². The van der Waals surface area contributed by atoms with Crippen molar-refractivity contribution in [1.29, 1.82) is 0 Å². The fourth-order valence-corrected chi connectivity index (χ4v) is 2.87. The molecule has 0 fully saturated rings. The number of nitrogen functional groups attached to an aromatic ring is 1. The molecule has 118 valence electrons. The summed E-state index contributed by atoms with van der Waals surface area (Å²) < 4.78 is 7.09. The number of methoxy groups -OCH3 is 1. The third kappa shape index (κ3) is 2.09. The first-order valence-electron chi connectivity index (χ1n) is 7.02. The number of nitrogens with zero attached hydrogens (tertiary/aromatic N) is 3. The molecule has 0 aliphatic carbocycles. The van der Waals surface area contributed by atoms with Crippen LogP contribution in [-0.2, 0) is 0 Å². The molecule has 7 heteroatoms. The summed E-state index contributed by atoms with van der Waals surface area (Å²) in [6, 6.07) is 3.81. The molecule has 1 amide bonds. The van der Waals surface area contributed by atoms with Crippen molar-refractivity contribution in [2.24, 2.45) is 5.73 Å². The number of aryl methyl sites for hydroxylation is 1. The number of benzene rings is 1. The number of aromatic nitrogens is 3. The number of nitrogens with two attached hydrogens (primary N) is 2. The van der Waals surface area contributed by atoms with Crippen LogP contribution in [0.25, 0.3) is 16.9 Å². The van der Waals surface area contributed by atoms with Crippen molar-refractivity contribution in [2.75, 3.05) is 12.8 Å². The van der Waals surface area contributed by atoms with Crippen LogP contribution in [0.2, 0.25) is 0 Å². The van der Waals surface area contributed by atoms with Crippen LogP contribution < -0.4 is 16.2 Å². The molecule has 2 aromatic heterocycles. The normalized spacial score (nSPS) is 10.9. The van der Waals surface area contributed by atoms with Crippen molar-refractivity contribution in [3.05, 3.63) is 41.2 Å². The maximum absolute atomic E-state index is 11.8. The Morgan fingerprint density at radius 2 is 1.91 bits per heavy atom. The Morgan fingerprint density at radius 1 is 1.22 bits per heavy atom. The molecule has 0 bridgehead atoms. The Kier molecular flexibility index (Phi) is 3.40. The van der Waals surface area contributed by atoms with Crippen LogP contribution in [0, 0.1) is 13.8 Å². The van der Waals surface area contributed by atoms with Crippen molar-refractivity contribution >= 4 is 22.9 Å². The highest BCUT2D eigenvalue weighted by molar-refractivity contribution is 6.09. The van der Waals surface area contributed by atoms with E-state index in [0.717, 1.165) is 22.6 Å². The van der Waals surface area contributed by atoms with Gasteiger partial charge in [0, 0.05) is 18.0 Å². The van der Waals surface area contributed by atoms with Gasteiger partial charge in [-0.1, -0.05) is 6.07 Å². The van der Waals surface area contributed by atoms with Crippen molar-refractivity contribution in [2.45, 2.75) is 13.8 Å². The Labute approximate surface area is 132 Å². The molecule has 0 saturated heterocycles. The molecule has 0 radical (unpaired) electrons. The lowest BCUT2D eigenvalue weighted by atomic mass is 10.1. The standard InChI is InChI=1S/C16H17N5O2/c1-8-4-5-10(23-3)9(2)13(8)21-14(17)11(15(18)22)12-16(21)20-7-6-19-12/h4-7H,17H2,1-3H3,(H2,18,22). The number of carbonyl (C=O) groups excluding carboxylic acids is 1. The number of hydrogen-bond donors (Lipinski definition) is 2. The molecule has 3 aromatic rings. The summed E-state index contributed by atoms with van der Waals surface area (Å²) in [7, 11) is 1.60. The zero-order valence-electron chi connectivity index (χ0n) is 13.1. The van der Waals surface area contributed by atoms with Crippen LogP contribution >= 0.6 is 0 Å². The third-order valence-electron chi connectivity index (χ3n) is 3.90. The Balaban J connectivity index is 2.48. The largest absolute Gasteiger partial charge is 0.496 e. The van der Waals surface area contributed by atoms with Gasteiger partial charge in [0.15, 0.2) is 5.65 Å². The van der Waals surface area contributed by atoms with Gasteiger partial charge in [0.2, 0.25) is 0 Å². The summed E-state index contributed by atoms with van der Waals surface area (Å²) in [6.45, 7) is 3.88. The number of amides is 1. The van der Waals surface area contributed by atoms with Crippen LogP contribution in [0.3, 0.4) is 0 Å². The van der Waals surface area contributed by atoms with Gasteiger partial charge in [0.05, 0.1) is 12.8 Å². The average molecular weight is 311 g/mol. The van der Waals surface area contributed by atoms with Crippen LogP contribution in [0.15, 0.2) is 24.5 Å². The second-order valence-electron chi connectivity index (χ2n) is 5.25. The number of hydrogen-bond acceptors (Lipinski definition) is 5. The Morgan fingerprint density at radius 3 is 2.57 bits per heavy atom. The number of ether oxygens (including phenoxy) is 1. The highest BCUT2D eigenvalue weighted by atomic mass is 16.5. The first-order valence-corrected chi connectivity index (χ1v) is 7.02. The van der Waals surface area contributed by atoms with Crippen LogP contribution in [0.5, 0.6) is 5.75 Å². The molecule has 23 heavy (non-hydrogen) atoms. The molecule has 0 atom stereocenters. The zero-order chi connectivity index (χ0) is 16.7. The first-order chi connectivity index (χ1) is 11.0. The fraction of sp³-hybridized carbons (Fsp3) is 0.188. The minimum atomic E-state index is -0.634. The number of anilines is 1. The second kappa shape index (κ2) is 5.28. The molecule has 0 aliphatic heterocycles. The molecule has 3 rings (SSSR count). The smallest absolute Gasteiger partial charge is 0.254 e. The van der Waals surface area contributed by atoms with Gasteiger partial charge < -0.3 is 16.2 Å². The molecule has 0 aliphatic rings. The van der Waals surface area contributed by atoms with Crippen LogP contribution in [-0.4, -0.2) is 27.6 Å². The highest BCUT2D eigenvalue weighted by Gasteiger charge is 2.24. The SMILES string of the molecule is COc1ccc(C)c(-n2c(N)c(C(N)=O)c3nccnc32)c1C. The summed E-state index contributed by atoms with van der Waals surface area (Å²) in [4.78, 5) is 20.4. The molecule has 2 heterocycles. The third-order valence-corrected chi connectivity index (χ3v) is 3.90. The number of carbonyl (C=O) groups is 1. The fourth-order valence-electron chi connectivity index (χ4n) is 2.87. The minimum Gasteiger partial charge on any atom is -0.496 e. The van der Waals surface area contributed by atoms with E-state index in [1.165, 1.54) is 6.20 Å². The van der Waals surface area contributed by atoms with E-state index in [1.54, 1.807) is 17.9 Å². The second-order valence-corrected chi connectivity index (χ2v) is 5.25. The topological polar surface area (TPSA) is 109 Å². The molecule has 7 nitrogen and oxygen atoms in total. The molecular weight excluding hydrogens is 294 g/mol. The minimum absolute atomic E-state index is 0.176. The van der Waals surface area contributed by atoms with Crippen molar-refractivity contribution < 1.29 is 9.53 Å². The zero-order valence-corrected chi connectivity index (χ0v) is 13.1. The van der Waals surface area contributed by atoms with Crippen LogP contribution in [0.4, 0.5) is 5.82 Å². The summed E-state index contributed by atoms with van der Waals surface area (Å²) in [5.74, 6) is 0.305. The van der Waals surface area contributed by atoms with E-state index in [2.05, 4.69) is 9.97 Å². The van der Waals surface area contributed by atoms with Gasteiger partial charge in [0.25, 0.3) is 5.91 Å². The lowest BCUT2D eigenvalue weighted by molar-refractivity contribution is 0.100. The van der Waals surface area contributed by atoms with Gasteiger partial charge in [0.1, 0.15) is 22.6 Å². The van der Waals surface area contributed by atoms with Gasteiger partial charge in [-0.3, -0.25) is 14.3 Å². The predicted octanol–water partition coefficient (Wildman–Crippen LogP) is 1.73. The Hall–Kier alpha value is -3.09. The van der Waals surface area contributed by atoms with E-state index < -0.39 is 5.91 Å². The number of rotatable bonds is 3. The molecular formula is C16H17N5O2. The van der Waals surface area contributed by atoms with Gasteiger partial charge in [-0.05, 0) is 25.5 Å². The lowest BCUT2D eigenvalue weighted by Crippen LogP contribution is -2.14. The molecule has 0 unspecified atom stereocenters. The Bertz CT molecular complexity index is 930. The molecule has 4 N–H and O–H groups in total. The predicted molar refractivity (Wildman–Crippen MR) is 87.8 cm³/mol. The quantitative estimate of drug-likeness (QED) is 0.765. The first kappa shape index (κ1) is 14.8. The van der Waals surface area contributed by atoms with E-state index in [4.69, 9.17) is 16.2 Å². The van der Waals surface area contributed by atoms with E-state index in [1.807, 2.05) is 26.0 Å². The maximum Gasteiger partial charge on any atom is 0.254 e. The van der Waals surface area contributed by atoms with Gasteiger partial charge >= 0.3 is 0 Å². The summed E-state index contributed by atoms with van der Waals surface area (Å²) in [6.07, 6.45) is 3.05. The lowest BCUT2D eigenvalue weighted by Gasteiger charge is -2.16. The van der Waals surface area contributed by atoms with Crippen LogP contribution in [0.1, 0.15) is 21.5 Å². The monoisotopic (exact) mass is 311 g/mol. The summed E-state index contributed by atoms with van der Waals surface area (Å²) in [5.41, 5.74) is 15.4. The summed E-state index contributed by atoms with van der Waals surface area (Å²) in [5, 5.41) is 0.